The highest BCUT2D eigenvalue weighted by Crippen LogP contribution is 2.17. The topological polar surface area (TPSA) is 56.2 Å². The van der Waals surface area contributed by atoms with E-state index in [4.69, 9.17) is 4.74 Å². The number of benzene rings is 1. The van der Waals surface area contributed by atoms with E-state index in [0.717, 1.165) is 37.1 Å². The Labute approximate surface area is 124 Å². The van der Waals surface area contributed by atoms with Crippen molar-refractivity contribution < 1.29 is 9.53 Å². The Morgan fingerprint density at radius 3 is 3.24 bits per heavy atom. The minimum absolute atomic E-state index is 0.0284. The number of carbonyl (C=O) groups excluding carboxylic acids is 1. The van der Waals surface area contributed by atoms with Crippen LogP contribution in [0, 0.1) is 5.92 Å². The third-order valence-electron chi connectivity index (χ3n) is 4.08. The summed E-state index contributed by atoms with van der Waals surface area (Å²) in [5.41, 5.74) is 2.55. The number of hydrogen-bond acceptors (Lipinski definition) is 3. The molecule has 5 heteroatoms. The van der Waals surface area contributed by atoms with E-state index in [-0.39, 0.29) is 5.91 Å². The van der Waals surface area contributed by atoms with Crippen molar-refractivity contribution in [3.8, 4) is 0 Å². The standard InChI is InChI=1S/C16H21N3O2/c1-19-11-18-14-9-13(4-5-15(14)19)16(20)17-7-6-12-3-2-8-21-10-12/h4-5,9,11-12H,2-3,6-8,10H2,1H3,(H,17,20). The molecule has 0 aliphatic carbocycles. The number of aryl methyl sites for hydroxylation is 1. The number of nitrogens with one attached hydrogen (secondary N) is 1. The number of hydrogen-bond donors (Lipinski definition) is 1. The number of aromatic nitrogens is 2. The van der Waals surface area contributed by atoms with Crippen molar-refractivity contribution in [2.24, 2.45) is 13.0 Å². The third-order valence-corrected chi connectivity index (χ3v) is 4.08. The van der Waals surface area contributed by atoms with Crippen molar-refractivity contribution in [3.05, 3.63) is 30.1 Å². The first-order valence-corrected chi connectivity index (χ1v) is 7.51. The number of rotatable bonds is 4. The van der Waals surface area contributed by atoms with Crippen LogP contribution in [0.25, 0.3) is 11.0 Å². The van der Waals surface area contributed by atoms with E-state index in [2.05, 4.69) is 10.3 Å². The van der Waals surface area contributed by atoms with Crippen molar-refractivity contribution in [2.45, 2.75) is 19.3 Å². The second-order valence-corrected chi connectivity index (χ2v) is 5.69. The van der Waals surface area contributed by atoms with E-state index in [1.807, 2.05) is 29.8 Å². The molecule has 1 aromatic carbocycles. The summed E-state index contributed by atoms with van der Waals surface area (Å²) in [6.45, 7) is 2.41. The second kappa shape index (κ2) is 6.26. The molecule has 5 nitrogen and oxygen atoms in total. The molecule has 1 aliphatic rings. The average Bonchev–Trinajstić information content (AvgIpc) is 2.89. The van der Waals surface area contributed by atoms with Crippen LogP contribution in [0.4, 0.5) is 0 Å². The molecule has 1 N–H and O–H groups in total. The molecular formula is C16H21N3O2. The first-order valence-electron chi connectivity index (χ1n) is 7.51. The summed E-state index contributed by atoms with van der Waals surface area (Å²) >= 11 is 0. The zero-order valence-corrected chi connectivity index (χ0v) is 12.3. The van der Waals surface area contributed by atoms with Crippen LogP contribution in [0.5, 0.6) is 0 Å². The number of fused-ring (bicyclic) bond motifs is 1. The zero-order chi connectivity index (χ0) is 14.7. The van der Waals surface area contributed by atoms with Crippen LogP contribution in [-0.4, -0.2) is 35.2 Å². The van der Waals surface area contributed by atoms with Gasteiger partial charge < -0.3 is 14.6 Å². The quantitative estimate of drug-likeness (QED) is 0.937. The van der Waals surface area contributed by atoms with Gasteiger partial charge >= 0.3 is 0 Å². The third kappa shape index (κ3) is 3.24. The second-order valence-electron chi connectivity index (χ2n) is 5.69. The van der Waals surface area contributed by atoms with Crippen LogP contribution in [0.1, 0.15) is 29.6 Å². The molecule has 2 aromatic rings. The largest absolute Gasteiger partial charge is 0.381 e. The lowest BCUT2D eigenvalue weighted by molar-refractivity contribution is 0.0514. The molecule has 0 bridgehead atoms. The van der Waals surface area contributed by atoms with Crippen molar-refractivity contribution >= 4 is 16.9 Å². The maximum Gasteiger partial charge on any atom is 0.251 e. The summed E-state index contributed by atoms with van der Waals surface area (Å²) in [5, 5.41) is 2.99. The Kier molecular flexibility index (Phi) is 4.20. The number of imidazole rings is 1. The van der Waals surface area contributed by atoms with E-state index in [1.54, 1.807) is 6.33 Å². The summed E-state index contributed by atoms with van der Waals surface area (Å²) in [6, 6.07) is 5.63. The first kappa shape index (κ1) is 14.1. The number of amides is 1. The number of ether oxygens (including phenoxy) is 1. The molecule has 1 amide bonds. The molecule has 1 fully saturated rings. The summed E-state index contributed by atoms with van der Waals surface area (Å²) < 4.78 is 7.40. The molecule has 3 rings (SSSR count). The fourth-order valence-corrected chi connectivity index (χ4v) is 2.80. The van der Waals surface area contributed by atoms with Gasteiger partial charge in [-0.05, 0) is 43.4 Å². The molecule has 1 unspecified atom stereocenters. The van der Waals surface area contributed by atoms with Crippen molar-refractivity contribution in [2.75, 3.05) is 19.8 Å². The molecule has 0 saturated carbocycles. The van der Waals surface area contributed by atoms with Gasteiger partial charge in [0.05, 0.1) is 17.4 Å². The zero-order valence-electron chi connectivity index (χ0n) is 12.3. The van der Waals surface area contributed by atoms with E-state index in [1.165, 1.54) is 6.42 Å². The summed E-state index contributed by atoms with van der Waals surface area (Å²) in [7, 11) is 1.95. The van der Waals surface area contributed by atoms with Crippen LogP contribution >= 0.6 is 0 Å². The van der Waals surface area contributed by atoms with Crippen LogP contribution < -0.4 is 5.32 Å². The van der Waals surface area contributed by atoms with Crippen LogP contribution in [0.3, 0.4) is 0 Å². The lowest BCUT2D eigenvalue weighted by atomic mass is 9.99. The minimum atomic E-state index is -0.0284. The van der Waals surface area contributed by atoms with Crippen molar-refractivity contribution in [1.29, 1.82) is 0 Å². The number of nitrogens with zero attached hydrogens (tertiary/aromatic N) is 2. The van der Waals surface area contributed by atoms with Gasteiger partial charge in [0.25, 0.3) is 5.91 Å². The highest BCUT2D eigenvalue weighted by Gasteiger charge is 2.14. The fraction of sp³-hybridized carbons (Fsp3) is 0.500. The van der Waals surface area contributed by atoms with E-state index >= 15 is 0 Å². The molecule has 21 heavy (non-hydrogen) atoms. The van der Waals surface area contributed by atoms with E-state index in [9.17, 15) is 4.79 Å². The highest BCUT2D eigenvalue weighted by atomic mass is 16.5. The molecule has 112 valence electrons. The van der Waals surface area contributed by atoms with Gasteiger partial charge in [-0.15, -0.1) is 0 Å². The van der Waals surface area contributed by atoms with Gasteiger partial charge in [0.2, 0.25) is 0 Å². The Hall–Kier alpha value is -1.88. The molecule has 0 spiro atoms. The average molecular weight is 287 g/mol. The van der Waals surface area contributed by atoms with Gasteiger partial charge in [0.15, 0.2) is 0 Å². The summed E-state index contributed by atoms with van der Waals surface area (Å²) in [6.07, 6.45) is 5.08. The van der Waals surface area contributed by atoms with Crippen LogP contribution in [0.15, 0.2) is 24.5 Å². The molecular weight excluding hydrogens is 266 g/mol. The lowest BCUT2D eigenvalue weighted by Crippen LogP contribution is -2.28. The molecule has 1 saturated heterocycles. The molecule has 0 radical (unpaired) electrons. The van der Waals surface area contributed by atoms with Crippen LogP contribution in [0.2, 0.25) is 0 Å². The van der Waals surface area contributed by atoms with Crippen molar-refractivity contribution in [1.82, 2.24) is 14.9 Å². The fourth-order valence-electron chi connectivity index (χ4n) is 2.80. The maximum atomic E-state index is 12.2. The molecule has 1 atom stereocenters. The SMILES string of the molecule is Cn1cnc2cc(C(=O)NCCC3CCCOC3)ccc21. The van der Waals surface area contributed by atoms with E-state index in [0.29, 0.717) is 18.0 Å². The van der Waals surface area contributed by atoms with Gasteiger partial charge in [0.1, 0.15) is 0 Å². The van der Waals surface area contributed by atoms with Crippen molar-refractivity contribution in [3.63, 3.8) is 0 Å². The Morgan fingerprint density at radius 1 is 1.52 bits per heavy atom. The Morgan fingerprint density at radius 2 is 2.43 bits per heavy atom. The van der Waals surface area contributed by atoms with Gasteiger partial charge in [0, 0.05) is 32.4 Å². The molecule has 2 heterocycles. The smallest absolute Gasteiger partial charge is 0.251 e. The van der Waals surface area contributed by atoms with Gasteiger partial charge in [-0.3, -0.25) is 4.79 Å². The maximum absolute atomic E-state index is 12.2. The number of carbonyl (C=O) groups is 1. The Bertz CT molecular complexity index is 629. The normalized spacial score (nSPS) is 18.8. The Balaban J connectivity index is 1.56. The lowest BCUT2D eigenvalue weighted by Gasteiger charge is -2.21. The van der Waals surface area contributed by atoms with Crippen LogP contribution in [-0.2, 0) is 11.8 Å². The summed E-state index contributed by atoms with van der Waals surface area (Å²) in [4.78, 5) is 16.4. The summed E-state index contributed by atoms with van der Waals surface area (Å²) in [5.74, 6) is 0.552. The monoisotopic (exact) mass is 287 g/mol. The first-order chi connectivity index (χ1) is 10.2. The highest BCUT2D eigenvalue weighted by molar-refractivity contribution is 5.97. The van der Waals surface area contributed by atoms with Gasteiger partial charge in [-0.1, -0.05) is 0 Å². The van der Waals surface area contributed by atoms with Gasteiger partial charge in [-0.25, -0.2) is 4.98 Å². The predicted octanol–water partition coefficient (Wildman–Crippen LogP) is 2.12. The molecule has 1 aliphatic heterocycles. The van der Waals surface area contributed by atoms with Gasteiger partial charge in [-0.2, -0.15) is 0 Å². The van der Waals surface area contributed by atoms with E-state index < -0.39 is 0 Å². The molecule has 1 aromatic heterocycles. The predicted molar refractivity (Wildman–Crippen MR) is 81.2 cm³/mol. The minimum Gasteiger partial charge on any atom is -0.381 e.